The van der Waals surface area contributed by atoms with Crippen molar-refractivity contribution in [3.8, 4) is 5.75 Å². The van der Waals surface area contributed by atoms with Crippen molar-refractivity contribution in [2.24, 2.45) is 5.92 Å². The zero-order chi connectivity index (χ0) is 14.4. The predicted molar refractivity (Wildman–Crippen MR) is 80.2 cm³/mol. The molecule has 2 rings (SSSR count). The van der Waals surface area contributed by atoms with Crippen molar-refractivity contribution >= 4 is 5.91 Å². The molecule has 1 aliphatic heterocycles. The van der Waals surface area contributed by atoms with Gasteiger partial charge in [-0.05, 0) is 44.0 Å². The first-order valence-electron chi connectivity index (χ1n) is 7.39. The van der Waals surface area contributed by atoms with Crippen LogP contribution < -0.4 is 10.1 Å². The second kappa shape index (κ2) is 7.29. The number of carbonyl (C=O) groups excluding carboxylic acids is 1. The van der Waals surface area contributed by atoms with Crippen LogP contribution in [0.25, 0.3) is 0 Å². The van der Waals surface area contributed by atoms with E-state index in [2.05, 4.69) is 12.2 Å². The first-order valence-corrected chi connectivity index (χ1v) is 7.39. The molecule has 1 aromatic rings. The van der Waals surface area contributed by atoms with Gasteiger partial charge < -0.3 is 15.0 Å². The average Bonchev–Trinajstić information content (AvgIpc) is 2.52. The second-order valence-corrected chi connectivity index (χ2v) is 5.24. The summed E-state index contributed by atoms with van der Waals surface area (Å²) in [6.07, 6.45) is 2.15. The largest absolute Gasteiger partial charge is 0.496 e. The molecule has 0 saturated carbocycles. The molecule has 4 nitrogen and oxygen atoms in total. The van der Waals surface area contributed by atoms with E-state index >= 15 is 0 Å². The monoisotopic (exact) mass is 276 g/mol. The van der Waals surface area contributed by atoms with Gasteiger partial charge >= 0.3 is 0 Å². The Morgan fingerprint density at radius 2 is 2.05 bits per heavy atom. The van der Waals surface area contributed by atoms with E-state index < -0.39 is 0 Å². The standard InChI is InChI=1S/C16H24N2O2/c1-3-17-12-13-8-10-18(11-9-13)16(19)14-6-4-5-7-15(14)20-2/h4-7,13,17H,3,8-12H2,1-2H3. The fourth-order valence-electron chi connectivity index (χ4n) is 2.68. The summed E-state index contributed by atoms with van der Waals surface area (Å²) in [6, 6.07) is 7.45. The highest BCUT2D eigenvalue weighted by atomic mass is 16.5. The third-order valence-electron chi connectivity index (χ3n) is 3.92. The van der Waals surface area contributed by atoms with E-state index in [1.807, 2.05) is 29.2 Å². The molecule has 110 valence electrons. The first-order chi connectivity index (χ1) is 9.76. The number of methoxy groups -OCH3 is 1. The molecule has 1 N–H and O–H groups in total. The molecule has 0 unspecified atom stereocenters. The molecule has 1 saturated heterocycles. The molecule has 0 bridgehead atoms. The molecule has 4 heteroatoms. The van der Waals surface area contributed by atoms with Gasteiger partial charge in [0.05, 0.1) is 12.7 Å². The lowest BCUT2D eigenvalue weighted by Gasteiger charge is -2.32. The fraction of sp³-hybridized carbons (Fsp3) is 0.562. The summed E-state index contributed by atoms with van der Waals surface area (Å²) in [5, 5.41) is 3.39. The van der Waals surface area contributed by atoms with Crippen molar-refractivity contribution in [1.82, 2.24) is 10.2 Å². The summed E-state index contributed by atoms with van der Waals surface area (Å²) < 4.78 is 5.27. The van der Waals surface area contributed by atoms with Gasteiger partial charge in [0.2, 0.25) is 0 Å². The number of likely N-dealkylation sites (tertiary alicyclic amines) is 1. The molecular formula is C16H24N2O2. The third-order valence-corrected chi connectivity index (χ3v) is 3.92. The molecule has 0 spiro atoms. The molecule has 1 aromatic carbocycles. The van der Waals surface area contributed by atoms with Crippen LogP contribution in [0.3, 0.4) is 0 Å². The highest BCUT2D eigenvalue weighted by Crippen LogP contribution is 2.23. The Balaban J connectivity index is 1.94. The van der Waals surface area contributed by atoms with Crippen molar-refractivity contribution in [2.75, 3.05) is 33.3 Å². The lowest BCUT2D eigenvalue weighted by Crippen LogP contribution is -2.40. The van der Waals surface area contributed by atoms with E-state index in [-0.39, 0.29) is 5.91 Å². The van der Waals surface area contributed by atoms with Crippen molar-refractivity contribution in [3.05, 3.63) is 29.8 Å². The number of para-hydroxylation sites is 1. The van der Waals surface area contributed by atoms with Crippen LogP contribution in [-0.2, 0) is 0 Å². The van der Waals surface area contributed by atoms with Gasteiger partial charge in [0.25, 0.3) is 5.91 Å². The van der Waals surface area contributed by atoms with Gasteiger partial charge in [0.15, 0.2) is 0 Å². The van der Waals surface area contributed by atoms with E-state index in [4.69, 9.17) is 4.74 Å². The molecule has 0 aromatic heterocycles. The van der Waals surface area contributed by atoms with E-state index in [0.717, 1.165) is 39.0 Å². The van der Waals surface area contributed by atoms with Crippen LogP contribution in [0, 0.1) is 5.92 Å². The number of benzene rings is 1. The van der Waals surface area contributed by atoms with E-state index in [0.29, 0.717) is 17.2 Å². The van der Waals surface area contributed by atoms with Gasteiger partial charge in [-0.2, -0.15) is 0 Å². The Bertz CT molecular complexity index is 440. The van der Waals surface area contributed by atoms with Crippen molar-refractivity contribution in [1.29, 1.82) is 0 Å². The number of nitrogens with zero attached hydrogens (tertiary/aromatic N) is 1. The maximum absolute atomic E-state index is 12.5. The molecule has 0 atom stereocenters. The summed E-state index contributed by atoms with van der Waals surface area (Å²) >= 11 is 0. The lowest BCUT2D eigenvalue weighted by molar-refractivity contribution is 0.0687. The number of piperidine rings is 1. The average molecular weight is 276 g/mol. The topological polar surface area (TPSA) is 41.6 Å². The Hall–Kier alpha value is -1.55. The highest BCUT2D eigenvalue weighted by molar-refractivity contribution is 5.97. The van der Waals surface area contributed by atoms with E-state index in [9.17, 15) is 4.79 Å². The smallest absolute Gasteiger partial charge is 0.257 e. The minimum atomic E-state index is 0.0874. The van der Waals surface area contributed by atoms with Crippen molar-refractivity contribution in [3.63, 3.8) is 0 Å². The number of hydrogen-bond acceptors (Lipinski definition) is 3. The molecule has 20 heavy (non-hydrogen) atoms. The molecule has 1 fully saturated rings. The minimum absolute atomic E-state index is 0.0874. The minimum Gasteiger partial charge on any atom is -0.496 e. The lowest BCUT2D eigenvalue weighted by atomic mass is 9.96. The zero-order valence-electron chi connectivity index (χ0n) is 12.4. The second-order valence-electron chi connectivity index (χ2n) is 5.24. The molecule has 0 radical (unpaired) electrons. The summed E-state index contributed by atoms with van der Waals surface area (Å²) in [7, 11) is 1.61. The highest BCUT2D eigenvalue weighted by Gasteiger charge is 2.24. The number of amides is 1. The Labute approximate surface area is 121 Å². The van der Waals surface area contributed by atoms with Crippen LogP contribution in [-0.4, -0.2) is 44.1 Å². The Kier molecular flexibility index (Phi) is 5.41. The number of nitrogens with one attached hydrogen (secondary N) is 1. The Morgan fingerprint density at radius 1 is 1.35 bits per heavy atom. The van der Waals surface area contributed by atoms with Crippen molar-refractivity contribution < 1.29 is 9.53 Å². The zero-order valence-corrected chi connectivity index (χ0v) is 12.4. The molecule has 1 amide bonds. The van der Waals surface area contributed by atoms with Crippen LogP contribution in [0.5, 0.6) is 5.75 Å². The maximum Gasteiger partial charge on any atom is 0.257 e. The van der Waals surface area contributed by atoms with E-state index in [1.165, 1.54) is 0 Å². The molecular weight excluding hydrogens is 252 g/mol. The number of carbonyl (C=O) groups is 1. The number of ether oxygens (including phenoxy) is 1. The van der Waals surface area contributed by atoms with Gasteiger partial charge in [-0.15, -0.1) is 0 Å². The van der Waals surface area contributed by atoms with Gasteiger partial charge in [-0.3, -0.25) is 4.79 Å². The fourth-order valence-corrected chi connectivity index (χ4v) is 2.68. The van der Waals surface area contributed by atoms with Gasteiger partial charge in [-0.1, -0.05) is 19.1 Å². The summed E-state index contributed by atoms with van der Waals surface area (Å²) in [5.41, 5.74) is 0.667. The Morgan fingerprint density at radius 3 is 2.70 bits per heavy atom. The SMILES string of the molecule is CCNCC1CCN(C(=O)c2ccccc2OC)CC1. The van der Waals surface area contributed by atoms with Gasteiger partial charge in [-0.25, -0.2) is 0 Å². The number of hydrogen-bond donors (Lipinski definition) is 1. The van der Waals surface area contributed by atoms with E-state index in [1.54, 1.807) is 7.11 Å². The first kappa shape index (κ1) is 14.9. The summed E-state index contributed by atoms with van der Waals surface area (Å²) in [6.45, 7) is 5.88. The van der Waals surface area contributed by atoms with Crippen LogP contribution in [0.4, 0.5) is 0 Å². The summed E-state index contributed by atoms with van der Waals surface area (Å²) in [4.78, 5) is 14.5. The molecule has 0 aliphatic carbocycles. The van der Waals surface area contributed by atoms with Gasteiger partial charge in [0.1, 0.15) is 5.75 Å². The van der Waals surface area contributed by atoms with Crippen molar-refractivity contribution in [2.45, 2.75) is 19.8 Å². The van der Waals surface area contributed by atoms with Crippen LogP contribution in [0.1, 0.15) is 30.1 Å². The number of rotatable bonds is 5. The summed E-state index contributed by atoms with van der Waals surface area (Å²) in [5.74, 6) is 1.44. The predicted octanol–water partition coefficient (Wildman–Crippen LogP) is 2.16. The van der Waals surface area contributed by atoms with Crippen LogP contribution in [0.15, 0.2) is 24.3 Å². The van der Waals surface area contributed by atoms with Crippen LogP contribution in [0.2, 0.25) is 0 Å². The normalized spacial score (nSPS) is 16.2. The third kappa shape index (κ3) is 3.51. The van der Waals surface area contributed by atoms with Crippen LogP contribution >= 0.6 is 0 Å². The quantitative estimate of drug-likeness (QED) is 0.896. The molecule has 1 heterocycles. The molecule has 1 aliphatic rings. The van der Waals surface area contributed by atoms with Gasteiger partial charge in [0, 0.05) is 13.1 Å². The maximum atomic E-state index is 12.5.